The molecule has 2 N–H and O–H groups in total. The van der Waals surface area contributed by atoms with Crippen molar-refractivity contribution in [3.63, 3.8) is 0 Å². The van der Waals surface area contributed by atoms with E-state index < -0.39 is 0 Å². The van der Waals surface area contributed by atoms with Gasteiger partial charge in [0.1, 0.15) is 5.75 Å². The fourth-order valence-electron chi connectivity index (χ4n) is 3.34. The molecule has 0 radical (unpaired) electrons. The summed E-state index contributed by atoms with van der Waals surface area (Å²) in [4.78, 5) is 27.6. The number of carbonyl (C=O) groups is 2. The van der Waals surface area contributed by atoms with E-state index in [0.717, 1.165) is 24.3 Å². The lowest BCUT2D eigenvalue weighted by Gasteiger charge is -2.23. The number of nitrogens with one attached hydrogen (secondary N) is 2. The van der Waals surface area contributed by atoms with Crippen molar-refractivity contribution in [3.05, 3.63) is 90.0 Å². The summed E-state index contributed by atoms with van der Waals surface area (Å²) < 4.78 is 5.63. The summed E-state index contributed by atoms with van der Waals surface area (Å²) in [7, 11) is 0. The Bertz CT molecular complexity index is 1120. The molecule has 0 saturated carbocycles. The maximum Gasteiger partial charge on any atom is 0.260 e. The Hall–Kier alpha value is -3.71. The maximum absolute atomic E-state index is 13.3. The standard InChI is InChI=1S/C27H29N3O3S/c1-3-5-19-33-22-17-15-20(16-18-22)25(31)29-27(34)28-24-14-10-9-13-23(24)26(32)30(4-2)21-11-7-6-8-12-21/h6-18H,3-5,19H2,1-2H3,(H2,28,29,31,34). The van der Waals surface area contributed by atoms with E-state index in [9.17, 15) is 9.59 Å². The molecule has 0 saturated heterocycles. The molecule has 7 heteroatoms. The average Bonchev–Trinajstić information content (AvgIpc) is 2.86. The largest absolute Gasteiger partial charge is 0.494 e. The number of nitrogens with zero attached hydrogens (tertiary/aromatic N) is 1. The Morgan fingerprint density at radius 3 is 2.26 bits per heavy atom. The zero-order chi connectivity index (χ0) is 24.3. The molecular weight excluding hydrogens is 446 g/mol. The van der Waals surface area contributed by atoms with Crippen LogP contribution in [-0.4, -0.2) is 30.1 Å². The number of anilines is 2. The normalized spacial score (nSPS) is 10.3. The number of benzene rings is 3. The average molecular weight is 476 g/mol. The summed E-state index contributed by atoms with van der Waals surface area (Å²) in [5.74, 6) is 0.211. The highest BCUT2D eigenvalue weighted by atomic mass is 32.1. The van der Waals surface area contributed by atoms with Gasteiger partial charge in [0.25, 0.3) is 11.8 Å². The first-order chi connectivity index (χ1) is 16.5. The zero-order valence-electron chi connectivity index (χ0n) is 19.4. The van der Waals surface area contributed by atoms with Gasteiger partial charge in [-0.3, -0.25) is 14.9 Å². The molecule has 0 bridgehead atoms. The first-order valence-corrected chi connectivity index (χ1v) is 11.8. The minimum absolute atomic E-state index is 0.108. The van der Waals surface area contributed by atoms with E-state index in [-0.39, 0.29) is 16.9 Å². The topological polar surface area (TPSA) is 70.7 Å². The Kier molecular flexibility index (Phi) is 9.17. The van der Waals surface area contributed by atoms with Gasteiger partial charge in [-0.25, -0.2) is 0 Å². The molecule has 6 nitrogen and oxygen atoms in total. The molecule has 176 valence electrons. The van der Waals surface area contributed by atoms with E-state index in [0.29, 0.717) is 30.0 Å². The van der Waals surface area contributed by atoms with Crippen molar-refractivity contribution in [1.82, 2.24) is 5.32 Å². The highest BCUT2D eigenvalue weighted by Gasteiger charge is 2.19. The molecule has 0 unspecified atom stereocenters. The van der Waals surface area contributed by atoms with Crippen molar-refractivity contribution >= 4 is 40.5 Å². The molecule has 34 heavy (non-hydrogen) atoms. The Morgan fingerprint density at radius 2 is 1.59 bits per heavy atom. The van der Waals surface area contributed by atoms with Crippen molar-refractivity contribution in [2.45, 2.75) is 26.7 Å². The van der Waals surface area contributed by atoms with Crippen LogP contribution in [0.2, 0.25) is 0 Å². The molecule has 0 aromatic heterocycles. The highest BCUT2D eigenvalue weighted by molar-refractivity contribution is 7.80. The second-order valence-corrected chi connectivity index (χ2v) is 7.97. The minimum atomic E-state index is -0.346. The lowest BCUT2D eigenvalue weighted by Crippen LogP contribution is -2.35. The lowest BCUT2D eigenvalue weighted by atomic mass is 10.1. The number of rotatable bonds is 9. The first kappa shape index (κ1) is 24.9. The van der Waals surface area contributed by atoms with Gasteiger partial charge in [-0.15, -0.1) is 0 Å². The summed E-state index contributed by atoms with van der Waals surface area (Å²) in [6.45, 7) is 5.18. The van der Waals surface area contributed by atoms with Crippen LogP contribution in [0.5, 0.6) is 5.75 Å². The predicted octanol–water partition coefficient (Wildman–Crippen LogP) is 5.66. The van der Waals surface area contributed by atoms with Gasteiger partial charge in [0, 0.05) is 17.8 Å². The van der Waals surface area contributed by atoms with Gasteiger partial charge >= 0.3 is 0 Å². The van der Waals surface area contributed by atoms with Crippen molar-refractivity contribution in [1.29, 1.82) is 0 Å². The molecule has 0 aliphatic heterocycles. The second kappa shape index (κ2) is 12.5. The molecule has 0 atom stereocenters. The number of unbranched alkanes of at least 4 members (excludes halogenated alkanes) is 1. The molecule has 3 aromatic rings. The zero-order valence-corrected chi connectivity index (χ0v) is 20.2. The van der Waals surface area contributed by atoms with Crippen molar-refractivity contribution in [2.24, 2.45) is 0 Å². The van der Waals surface area contributed by atoms with Gasteiger partial charge in [0.2, 0.25) is 0 Å². The Balaban J connectivity index is 1.66. The fraction of sp³-hybridized carbons (Fsp3) is 0.222. The van der Waals surface area contributed by atoms with Gasteiger partial charge in [0.05, 0.1) is 17.9 Å². The van der Waals surface area contributed by atoms with Crippen LogP contribution in [0.25, 0.3) is 0 Å². The molecule has 2 amide bonds. The number of hydrogen-bond donors (Lipinski definition) is 2. The van der Waals surface area contributed by atoms with Crippen LogP contribution in [0, 0.1) is 0 Å². The number of ether oxygens (including phenoxy) is 1. The molecule has 0 aliphatic carbocycles. The molecule has 0 heterocycles. The number of amides is 2. The number of para-hydroxylation sites is 2. The van der Waals surface area contributed by atoms with Crippen LogP contribution >= 0.6 is 12.2 Å². The lowest BCUT2D eigenvalue weighted by molar-refractivity contribution is 0.0974. The molecule has 0 spiro atoms. The monoisotopic (exact) mass is 475 g/mol. The Labute approximate surface area is 205 Å². The number of hydrogen-bond acceptors (Lipinski definition) is 4. The molecule has 0 fully saturated rings. The van der Waals surface area contributed by atoms with E-state index in [4.69, 9.17) is 17.0 Å². The van der Waals surface area contributed by atoms with Crippen LogP contribution < -0.4 is 20.3 Å². The third-order valence-corrected chi connectivity index (χ3v) is 5.35. The van der Waals surface area contributed by atoms with Gasteiger partial charge in [-0.2, -0.15) is 0 Å². The van der Waals surface area contributed by atoms with Crippen molar-refractivity contribution < 1.29 is 14.3 Å². The summed E-state index contributed by atoms with van der Waals surface area (Å²) in [6.07, 6.45) is 2.04. The molecule has 3 aromatic carbocycles. The van der Waals surface area contributed by atoms with Crippen molar-refractivity contribution in [3.8, 4) is 5.75 Å². The third-order valence-electron chi connectivity index (χ3n) is 5.15. The summed E-state index contributed by atoms with van der Waals surface area (Å²) in [5.41, 5.74) is 2.24. The van der Waals surface area contributed by atoms with E-state index >= 15 is 0 Å². The minimum Gasteiger partial charge on any atom is -0.494 e. The van der Waals surface area contributed by atoms with Gasteiger partial charge in [-0.1, -0.05) is 43.7 Å². The van der Waals surface area contributed by atoms with Crippen LogP contribution in [0.4, 0.5) is 11.4 Å². The smallest absolute Gasteiger partial charge is 0.260 e. The summed E-state index contributed by atoms with van der Waals surface area (Å²) in [6, 6.07) is 23.5. The van der Waals surface area contributed by atoms with Gasteiger partial charge in [-0.05, 0) is 74.1 Å². The summed E-state index contributed by atoms with van der Waals surface area (Å²) >= 11 is 5.35. The van der Waals surface area contributed by atoms with Crippen molar-refractivity contribution in [2.75, 3.05) is 23.4 Å². The Morgan fingerprint density at radius 1 is 0.912 bits per heavy atom. The SMILES string of the molecule is CCCCOc1ccc(C(=O)NC(=S)Nc2ccccc2C(=O)N(CC)c2ccccc2)cc1. The van der Waals surface area contributed by atoms with Crippen LogP contribution in [0.1, 0.15) is 47.4 Å². The van der Waals surface area contributed by atoms with Gasteiger partial charge < -0.3 is 15.0 Å². The van der Waals surface area contributed by atoms with E-state index in [2.05, 4.69) is 17.6 Å². The molecule has 0 aliphatic rings. The number of carbonyl (C=O) groups excluding carboxylic acids is 2. The predicted molar refractivity (Wildman–Crippen MR) is 141 cm³/mol. The van der Waals surface area contributed by atoms with Crippen LogP contribution in [-0.2, 0) is 0 Å². The second-order valence-electron chi connectivity index (χ2n) is 7.57. The first-order valence-electron chi connectivity index (χ1n) is 11.3. The van der Waals surface area contributed by atoms with E-state index in [1.165, 1.54) is 0 Å². The molecule has 3 rings (SSSR count). The van der Waals surface area contributed by atoms with Crippen LogP contribution in [0.3, 0.4) is 0 Å². The summed E-state index contributed by atoms with van der Waals surface area (Å²) in [5, 5.41) is 5.78. The molecular formula is C27H29N3O3S. The van der Waals surface area contributed by atoms with Crippen LogP contribution in [0.15, 0.2) is 78.9 Å². The maximum atomic E-state index is 13.3. The van der Waals surface area contributed by atoms with Gasteiger partial charge in [0.15, 0.2) is 5.11 Å². The quantitative estimate of drug-likeness (QED) is 0.309. The van der Waals surface area contributed by atoms with E-state index in [1.807, 2.05) is 37.3 Å². The number of thiocarbonyl (C=S) groups is 1. The van der Waals surface area contributed by atoms with E-state index in [1.54, 1.807) is 53.4 Å². The fourth-order valence-corrected chi connectivity index (χ4v) is 3.54. The highest BCUT2D eigenvalue weighted by Crippen LogP contribution is 2.22. The third kappa shape index (κ3) is 6.65.